The standard InChI is InChI=1S/C19H27F3N4O5/c1-3-26-15(17(28)24-8-5-9-27)16(23-2)25-18(26)30-11-10-29-13-6-4-7-14(12-13)31-19(20,21)22/h4,6-7,12,18,23,25,27H,3,5,8-11H2,1-2H3,(H,24,28). The van der Waals surface area contributed by atoms with E-state index in [9.17, 15) is 18.0 Å². The van der Waals surface area contributed by atoms with Crippen LogP contribution < -0.4 is 25.4 Å². The Labute approximate surface area is 178 Å². The summed E-state index contributed by atoms with van der Waals surface area (Å²) in [6.07, 6.45) is -4.96. The van der Waals surface area contributed by atoms with E-state index < -0.39 is 12.7 Å². The molecule has 174 valence electrons. The Kier molecular flexibility index (Phi) is 9.06. The number of ether oxygens (including phenoxy) is 3. The Balaban J connectivity index is 1.87. The van der Waals surface area contributed by atoms with Crippen molar-refractivity contribution in [1.82, 2.24) is 20.9 Å². The van der Waals surface area contributed by atoms with E-state index in [0.29, 0.717) is 31.0 Å². The predicted molar refractivity (Wildman–Crippen MR) is 105 cm³/mol. The molecule has 0 bridgehead atoms. The van der Waals surface area contributed by atoms with Crippen molar-refractivity contribution in [3.63, 3.8) is 0 Å². The number of amides is 1. The van der Waals surface area contributed by atoms with E-state index in [1.807, 2.05) is 6.92 Å². The highest BCUT2D eigenvalue weighted by molar-refractivity contribution is 5.93. The molecule has 1 aromatic carbocycles. The second-order valence-electron chi connectivity index (χ2n) is 6.33. The van der Waals surface area contributed by atoms with Gasteiger partial charge in [-0.2, -0.15) is 0 Å². The second kappa shape index (κ2) is 11.5. The van der Waals surface area contributed by atoms with Crippen LogP contribution in [0.4, 0.5) is 13.2 Å². The quantitative estimate of drug-likeness (QED) is 0.352. The Hall–Kier alpha value is -2.86. The van der Waals surface area contributed by atoms with Crippen molar-refractivity contribution in [2.45, 2.75) is 26.1 Å². The lowest BCUT2D eigenvalue weighted by molar-refractivity contribution is -0.274. The zero-order valence-corrected chi connectivity index (χ0v) is 17.3. The molecule has 31 heavy (non-hydrogen) atoms. The Bertz CT molecular complexity index is 760. The number of hydrogen-bond donors (Lipinski definition) is 4. The van der Waals surface area contributed by atoms with Crippen LogP contribution in [0, 0.1) is 0 Å². The monoisotopic (exact) mass is 448 g/mol. The molecule has 0 saturated heterocycles. The van der Waals surface area contributed by atoms with Gasteiger partial charge in [-0.15, -0.1) is 13.2 Å². The summed E-state index contributed by atoms with van der Waals surface area (Å²) in [7, 11) is 1.67. The van der Waals surface area contributed by atoms with Gasteiger partial charge in [-0.3, -0.25) is 4.79 Å². The summed E-state index contributed by atoms with van der Waals surface area (Å²) >= 11 is 0. The molecule has 1 aliphatic heterocycles. The van der Waals surface area contributed by atoms with Gasteiger partial charge in [0.25, 0.3) is 5.91 Å². The fourth-order valence-corrected chi connectivity index (χ4v) is 2.87. The summed E-state index contributed by atoms with van der Waals surface area (Å²) < 4.78 is 52.0. The molecular weight excluding hydrogens is 421 g/mol. The fraction of sp³-hybridized carbons (Fsp3) is 0.526. The number of nitrogens with one attached hydrogen (secondary N) is 3. The van der Waals surface area contributed by atoms with E-state index in [1.165, 1.54) is 18.2 Å². The van der Waals surface area contributed by atoms with Crippen molar-refractivity contribution in [1.29, 1.82) is 0 Å². The number of carbonyl (C=O) groups is 1. The van der Waals surface area contributed by atoms with Gasteiger partial charge in [-0.05, 0) is 25.5 Å². The first kappa shape index (κ1) is 24.4. The summed E-state index contributed by atoms with van der Waals surface area (Å²) in [5, 5.41) is 17.6. The molecule has 1 amide bonds. The lowest BCUT2D eigenvalue weighted by atomic mass is 10.3. The molecule has 12 heteroatoms. The molecule has 4 N–H and O–H groups in total. The van der Waals surface area contributed by atoms with Crippen LogP contribution in [0.15, 0.2) is 35.8 Å². The number of rotatable bonds is 12. The minimum absolute atomic E-state index is 0.0229. The normalized spacial score (nSPS) is 16.2. The smallest absolute Gasteiger partial charge is 0.491 e. The lowest BCUT2D eigenvalue weighted by Gasteiger charge is -2.26. The lowest BCUT2D eigenvalue weighted by Crippen LogP contribution is -2.43. The molecule has 0 fully saturated rings. The van der Waals surface area contributed by atoms with Gasteiger partial charge in [-0.25, -0.2) is 0 Å². The topological polar surface area (TPSA) is 104 Å². The highest BCUT2D eigenvalue weighted by Crippen LogP contribution is 2.26. The van der Waals surface area contributed by atoms with E-state index in [2.05, 4.69) is 20.7 Å². The predicted octanol–water partition coefficient (Wildman–Crippen LogP) is 1.08. The molecule has 0 aromatic heterocycles. The molecule has 0 radical (unpaired) electrons. The number of nitrogens with zero attached hydrogens (tertiary/aromatic N) is 1. The number of aliphatic hydroxyl groups excluding tert-OH is 1. The molecule has 0 spiro atoms. The van der Waals surface area contributed by atoms with Crippen LogP contribution in [0.5, 0.6) is 11.5 Å². The number of hydrogen-bond acceptors (Lipinski definition) is 8. The van der Waals surface area contributed by atoms with Crippen LogP contribution in [0.3, 0.4) is 0 Å². The van der Waals surface area contributed by atoms with Crippen LogP contribution in [0.1, 0.15) is 13.3 Å². The van der Waals surface area contributed by atoms with Gasteiger partial charge in [0, 0.05) is 32.8 Å². The van der Waals surface area contributed by atoms with E-state index in [0.717, 1.165) is 6.07 Å². The molecule has 9 nitrogen and oxygen atoms in total. The maximum atomic E-state index is 12.5. The molecule has 1 aliphatic rings. The molecular formula is C19H27F3N4O5. The fourth-order valence-electron chi connectivity index (χ4n) is 2.87. The van der Waals surface area contributed by atoms with Crippen molar-refractivity contribution in [3.8, 4) is 11.5 Å². The number of benzene rings is 1. The first-order chi connectivity index (χ1) is 14.8. The SMILES string of the molecule is CCN1C(C(=O)NCCCO)=C(NC)NC1OCCOc1cccc(OC(F)(F)F)c1. The maximum Gasteiger partial charge on any atom is 0.573 e. The van der Waals surface area contributed by atoms with Gasteiger partial charge < -0.3 is 40.2 Å². The first-order valence-electron chi connectivity index (χ1n) is 9.73. The van der Waals surface area contributed by atoms with Gasteiger partial charge in [-0.1, -0.05) is 6.07 Å². The van der Waals surface area contributed by atoms with Crippen LogP contribution in [-0.2, 0) is 9.53 Å². The second-order valence-corrected chi connectivity index (χ2v) is 6.33. The average Bonchev–Trinajstić information content (AvgIpc) is 3.08. The number of aliphatic hydroxyl groups is 1. The van der Waals surface area contributed by atoms with Gasteiger partial charge in [0.05, 0.1) is 6.61 Å². The molecule has 1 unspecified atom stereocenters. The maximum absolute atomic E-state index is 12.5. The third-order valence-corrected chi connectivity index (χ3v) is 4.17. The Morgan fingerprint density at radius 3 is 2.68 bits per heavy atom. The molecule has 2 rings (SSSR count). The molecule has 1 atom stereocenters. The Morgan fingerprint density at radius 2 is 2.03 bits per heavy atom. The minimum atomic E-state index is -4.78. The summed E-state index contributed by atoms with van der Waals surface area (Å²) in [6, 6.07) is 5.20. The van der Waals surface area contributed by atoms with Gasteiger partial charge in [0.1, 0.15) is 29.6 Å². The van der Waals surface area contributed by atoms with Gasteiger partial charge in [0.2, 0.25) is 6.35 Å². The molecule has 1 heterocycles. The first-order valence-corrected chi connectivity index (χ1v) is 9.73. The van der Waals surface area contributed by atoms with Crippen molar-refractivity contribution >= 4 is 5.91 Å². The van der Waals surface area contributed by atoms with E-state index >= 15 is 0 Å². The number of carbonyl (C=O) groups excluding carboxylic acids is 1. The molecule has 1 aromatic rings. The van der Waals surface area contributed by atoms with Crippen molar-refractivity contribution in [2.24, 2.45) is 0 Å². The Morgan fingerprint density at radius 1 is 1.29 bits per heavy atom. The zero-order valence-electron chi connectivity index (χ0n) is 17.3. The zero-order chi connectivity index (χ0) is 22.9. The highest BCUT2D eigenvalue weighted by Gasteiger charge is 2.34. The summed E-state index contributed by atoms with van der Waals surface area (Å²) in [5.41, 5.74) is 0.380. The van der Waals surface area contributed by atoms with E-state index in [1.54, 1.807) is 11.9 Å². The molecule has 0 aliphatic carbocycles. The van der Waals surface area contributed by atoms with Crippen LogP contribution in [-0.4, -0.2) is 68.6 Å². The summed E-state index contributed by atoms with van der Waals surface area (Å²) in [4.78, 5) is 14.2. The number of likely N-dealkylation sites (N-methyl/N-ethyl adjacent to an activating group) is 1. The van der Waals surface area contributed by atoms with Crippen molar-refractivity contribution in [3.05, 3.63) is 35.8 Å². The van der Waals surface area contributed by atoms with Gasteiger partial charge >= 0.3 is 6.36 Å². The van der Waals surface area contributed by atoms with Crippen LogP contribution in [0.2, 0.25) is 0 Å². The van der Waals surface area contributed by atoms with Crippen molar-refractivity contribution < 1.29 is 37.3 Å². The molecule has 0 saturated carbocycles. The van der Waals surface area contributed by atoms with E-state index in [-0.39, 0.29) is 37.2 Å². The third kappa shape index (κ3) is 7.40. The largest absolute Gasteiger partial charge is 0.573 e. The number of halogens is 3. The van der Waals surface area contributed by atoms with Crippen LogP contribution in [0.25, 0.3) is 0 Å². The minimum Gasteiger partial charge on any atom is -0.491 e. The highest BCUT2D eigenvalue weighted by atomic mass is 19.4. The summed E-state index contributed by atoms with van der Waals surface area (Å²) in [6.45, 7) is 2.82. The van der Waals surface area contributed by atoms with Crippen molar-refractivity contribution in [2.75, 3.05) is 40.0 Å². The van der Waals surface area contributed by atoms with Crippen LogP contribution >= 0.6 is 0 Å². The average molecular weight is 448 g/mol. The van der Waals surface area contributed by atoms with E-state index in [4.69, 9.17) is 14.6 Å². The van der Waals surface area contributed by atoms with Gasteiger partial charge in [0.15, 0.2) is 0 Å². The third-order valence-electron chi connectivity index (χ3n) is 4.17. The summed E-state index contributed by atoms with van der Waals surface area (Å²) in [5.74, 6) is 0.0116. The number of alkyl halides is 3.